The van der Waals surface area contributed by atoms with Crippen molar-refractivity contribution in [1.29, 1.82) is 0 Å². The molecular formula is C54H87FN8O13. The van der Waals surface area contributed by atoms with Crippen LogP contribution in [0, 0.1) is 11.8 Å². The van der Waals surface area contributed by atoms with Crippen LogP contribution in [0.1, 0.15) is 118 Å². The molecule has 21 nitrogen and oxygen atoms in total. The van der Waals surface area contributed by atoms with Gasteiger partial charge in [-0.15, -0.1) is 5.10 Å². The van der Waals surface area contributed by atoms with Gasteiger partial charge in [0, 0.05) is 82.8 Å². The predicted octanol–water partition coefficient (Wildman–Crippen LogP) is 3.80. The standard InChI is InChI=1S/C54H87FN8O13/c1-14-42-54(9,69)47(65)33(5)62(11)28-30(2)23-52(7,68)43(22-41(32(4)49(67)75-42)74-44-24-53(8,71-13)48(66)34(6)73-44)76-50-45(64)39(21-31(3)72-50)61(10)20-19-38-29-63(60-59-38)40(25-55)46(70-12)36-17-15-35(16-18-36)37-26-57-51(56)58-27-37/h15-18,26-27,29-34,39-48,50,64-66,68-69H,14,19-25,28H2,1-13H3,(H2,56,57,58)/t30-,31-,32-,33-,34+,39+,40-,41+,42-,43-,44+,45-,46-,47-,48+,50+,52-,53-,54-/m1/s1. The summed E-state index contributed by atoms with van der Waals surface area (Å²) in [7, 11) is 6.71. The van der Waals surface area contributed by atoms with E-state index in [-0.39, 0.29) is 37.5 Å². The summed E-state index contributed by atoms with van der Waals surface area (Å²) in [6.07, 6.45) is -4.82. The second kappa shape index (κ2) is 25.9. The van der Waals surface area contributed by atoms with Crippen molar-refractivity contribution < 1.29 is 67.9 Å². The number of anilines is 1. The highest BCUT2D eigenvalue weighted by molar-refractivity contribution is 5.73. The first-order valence-electron chi connectivity index (χ1n) is 26.7. The number of methoxy groups -OCH3 is 2. The number of nitrogens with zero attached hydrogens (tertiary/aromatic N) is 7. The van der Waals surface area contributed by atoms with Crippen LogP contribution in [-0.2, 0) is 44.4 Å². The minimum atomic E-state index is -1.85. The topological polar surface area (TPSA) is 272 Å². The molecule has 22 heteroatoms. The quantitative estimate of drug-likeness (QED) is 0.111. The molecule has 0 amide bonds. The number of nitrogen functional groups attached to an aromatic ring is 1. The molecule has 0 unspecified atom stereocenters. The number of aliphatic hydroxyl groups excluding tert-OH is 3. The maximum Gasteiger partial charge on any atom is 0.311 e. The lowest BCUT2D eigenvalue weighted by atomic mass is 9.83. The molecule has 428 valence electrons. The molecule has 3 aliphatic rings. The van der Waals surface area contributed by atoms with Gasteiger partial charge in [-0.3, -0.25) is 4.79 Å². The number of hydrogen-bond acceptors (Lipinski definition) is 20. The number of aromatic nitrogens is 5. The Bertz CT molecular complexity index is 2280. The Morgan fingerprint density at radius 1 is 0.947 bits per heavy atom. The van der Waals surface area contributed by atoms with Crippen LogP contribution in [0.4, 0.5) is 10.3 Å². The molecule has 3 aromatic rings. The number of halogens is 1. The van der Waals surface area contributed by atoms with Crippen LogP contribution >= 0.6 is 0 Å². The molecule has 6 rings (SSSR count). The van der Waals surface area contributed by atoms with Gasteiger partial charge < -0.3 is 74.2 Å². The number of cyclic esters (lactones) is 1. The third kappa shape index (κ3) is 14.3. The van der Waals surface area contributed by atoms with Gasteiger partial charge in [0.05, 0.1) is 47.2 Å². The number of alkyl halides is 1. The first-order chi connectivity index (χ1) is 35.8. The molecule has 7 N–H and O–H groups in total. The van der Waals surface area contributed by atoms with E-state index in [4.69, 9.17) is 38.9 Å². The number of benzene rings is 1. The Morgan fingerprint density at radius 3 is 2.24 bits per heavy atom. The lowest BCUT2D eigenvalue weighted by molar-refractivity contribution is -0.308. The fourth-order valence-electron chi connectivity index (χ4n) is 11.3. The van der Waals surface area contributed by atoms with Crippen molar-refractivity contribution in [2.75, 3.05) is 53.8 Å². The fraction of sp³-hybridized carbons (Fsp3) is 0.759. The molecular weight excluding hydrogens is 988 g/mol. The van der Waals surface area contributed by atoms with Crippen LogP contribution in [0.25, 0.3) is 11.1 Å². The lowest BCUT2D eigenvalue weighted by Gasteiger charge is -2.47. The summed E-state index contributed by atoms with van der Waals surface area (Å²) in [6.45, 7) is 15.6. The van der Waals surface area contributed by atoms with E-state index >= 15 is 0 Å². The van der Waals surface area contributed by atoms with Gasteiger partial charge in [-0.05, 0) is 98.9 Å². The average Bonchev–Trinajstić information content (AvgIpc) is 3.85. The number of ether oxygens (including phenoxy) is 7. The van der Waals surface area contributed by atoms with Crippen LogP contribution in [0.15, 0.2) is 42.9 Å². The van der Waals surface area contributed by atoms with E-state index in [1.165, 1.54) is 25.8 Å². The van der Waals surface area contributed by atoms with E-state index in [2.05, 4.69) is 20.3 Å². The first kappa shape index (κ1) is 61.3. The van der Waals surface area contributed by atoms with Crippen molar-refractivity contribution >= 4 is 11.9 Å². The van der Waals surface area contributed by atoms with Crippen LogP contribution in [0.5, 0.6) is 0 Å². The van der Waals surface area contributed by atoms with Gasteiger partial charge in [0.15, 0.2) is 12.6 Å². The number of esters is 1. The Labute approximate surface area is 447 Å². The molecule has 2 aromatic heterocycles. The normalized spacial score (nSPS) is 37.5. The number of nitrogens with two attached hydrogens (primary N) is 1. The molecule has 0 bridgehead atoms. The Kier molecular flexibility index (Phi) is 20.9. The monoisotopic (exact) mass is 1070 g/mol. The Balaban J connectivity index is 1.23. The molecule has 0 spiro atoms. The van der Waals surface area contributed by atoms with Crippen molar-refractivity contribution in [3.05, 3.63) is 54.1 Å². The molecule has 5 heterocycles. The van der Waals surface area contributed by atoms with E-state index in [0.717, 1.165) is 16.7 Å². The summed E-state index contributed by atoms with van der Waals surface area (Å²) in [5, 5.41) is 68.2. The number of likely N-dealkylation sites (N-methyl/N-ethyl adjacent to an activating group) is 2. The molecule has 1 aromatic carbocycles. The zero-order valence-electron chi connectivity index (χ0n) is 46.7. The molecule has 0 aliphatic carbocycles. The number of hydrogen-bond donors (Lipinski definition) is 6. The molecule has 19 atom stereocenters. The summed E-state index contributed by atoms with van der Waals surface area (Å²) >= 11 is 0. The first-order valence-corrected chi connectivity index (χ1v) is 26.7. The molecule has 0 radical (unpaired) electrons. The summed E-state index contributed by atoms with van der Waals surface area (Å²) < 4.78 is 60.2. The van der Waals surface area contributed by atoms with Gasteiger partial charge in [-0.2, -0.15) is 0 Å². The maximum atomic E-state index is 14.9. The van der Waals surface area contributed by atoms with E-state index in [1.54, 1.807) is 60.1 Å². The second-order valence-electron chi connectivity index (χ2n) is 22.5. The number of carbonyl (C=O) groups excluding carboxylic acids is 1. The Hall–Kier alpha value is -3.88. The van der Waals surface area contributed by atoms with E-state index in [1.807, 2.05) is 62.0 Å². The molecule has 3 fully saturated rings. The SMILES string of the molecule is CC[C@H]1OC(=O)[C@H](C)[C@@H](O[C@H]2C[C@@](C)(OC)[C@@H](O)[C@H](C)O2)C[C@@H](O[C@@H]2O[C@H](C)C[C@H](N(C)CCc3cn([C@H](CF)[C@H](OC)c4ccc(-c5cnc(N)nc5)cc4)nn3)[C@H]2O)[C@](C)(O)C[C@@H](C)CN(C)[C@H](C)[C@@H](O)[C@]1(C)O. The lowest BCUT2D eigenvalue weighted by Crippen LogP contribution is -2.59. The maximum absolute atomic E-state index is 14.9. The van der Waals surface area contributed by atoms with E-state index < -0.39 is 121 Å². The van der Waals surface area contributed by atoms with Crippen molar-refractivity contribution in [2.24, 2.45) is 11.8 Å². The average molecular weight is 1080 g/mol. The van der Waals surface area contributed by atoms with Crippen molar-refractivity contribution in [3.63, 3.8) is 0 Å². The zero-order chi connectivity index (χ0) is 56.0. The highest BCUT2D eigenvalue weighted by Gasteiger charge is 2.51. The summed E-state index contributed by atoms with van der Waals surface area (Å²) in [5.74, 6) is -1.84. The second-order valence-corrected chi connectivity index (χ2v) is 22.5. The summed E-state index contributed by atoms with van der Waals surface area (Å²) in [6, 6.07) is 5.58. The summed E-state index contributed by atoms with van der Waals surface area (Å²) in [4.78, 5) is 26.4. The van der Waals surface area contributed by atoms with Crippen LogP contribution in [0.3, 0.4) is 0 Å². The highest BCUT2D eigenvalue weighted by Crippen LogP contribution is 2.39. The van der Waals surface area contributed by atoms with Gasteiger partial charge in [0.1, 0.15) is 48.8 Å². The minimum Gasteiger partial charge on any atom is -0.459 e. The Morgan fingerprint density at radius 2 is 1.62 bits per heavy atom. The number of rotatable bonds is 16. The number of aliphatic hydroxyl groups is 5. The third-order valence-electron chi connectivity index (χ3n) is 16.4. The van der Waals surface area contributed by atoms with Gasteiger partial charge in [0.25, 0.3) is 0 Å². The largest absolute Gasteiger partial charge is 0.459 e. The zero-order valence-corrected chi connectivity index (χ0v) is 46.7. The van der Waals surface area contributed by atoms with E-state index in [9.17, 15) is 34.7 Å². The van der Waals surface area contributed by atoms with Gasteiger partial charge in [-0.1, -0.05) is 43.3 Å². The molecule has 3 saturated heterocycles. The van der Waals surface area contributed by atoms with Crippen molar-refractivity contribution in [2.45, 2.75) is 203 Å². The molecule has 3 aliphatic heterocycles. The minimum absolute atomic E-state index is 0.0864. The van der Waals surface area contributed by atoms with Crippen molar-refractivity contribution in [1.82, 2.24) is 34.8 Å². The fourth-order valence-corrected chi connectivity index (χ4v) is 11.3. The van der Waals surface area contributed by atoms with Crippen molar-refractivity contribution in [3.8, 4) is 11.1 Å². The molecule has 0 saturated carbocycles. The van der Waals surface area contributed by atoms with Gasteiger partial charge in [-0.25, -0.2) is 19.0 Å². The highest BCUT2D eigenvalue weighted by atomic mass is 19.1. The smallest absolute Gasteiger partial charge is 0.311 e. The van der Waals surface area contributed by atoms with E-state index in [0.29, 0.717) is 31.6 Å². The summed E-state index contributed by atoms with van der Waals surface area (Å²) in [5.41, 5.74) is 4.06. The van der Waals surface area contributed by atoms with Gasteiger partial charge in [0.2, 0.25) is 5.95 Å². The van der Waals surface area contributed by atoms with Crippen LogP contribution in [-0.4, -0.2) is 205 Å². The third-order valence-corrected chi connectivity index (χ3v) is 16.4. The van der Waals surface area contributed by atoms with Gasteiger partial charge >= 0.3 is 5.97 Å². The van der Waals surface area contributed by atoms with Crippen LogP contribution < -0.4 is 5.73 Å². The van der Waals surface area contributed by atoms with Crippen LogP contribution in [0.2, 0.25) is 0 Å². The molecule has 76 heavy (non-hydrogen) atoms. The predicted molar refractivity (Wildman–Crippen MR) is 279 cm³/mol. The number of carbonyl (C=O) groups is 1.